The fourth-order valence-electron chi connectivity index (χ4n) is 10.4. The monoisotopic (exact) mass is 781 g/mol. The van der Waals surface area contributed by atoms with Crippen LogP contribution in [-0.4, -0.2) is 98.3 Å². The first-order valence-electron chi connectivity index (χ1n) is 20.1. The van der Waals surface area contributed by atoms with Crippen molar-refractivity contribution in [2.75, 3.05) is 44.2 Å². The van der Waals surface area contributed by atoms with E-state index in [2.05, 4.69) is 31.0 Å². The van der Waals surface area contributed by atoms with Crippen LogP contribution in [0.4, 0.5) is 23.4 Å². The van der Waals surface area contributed by atoms with Gasteiger partial charge in [0, 0.05) is 60.5 Å². The van der Waals surface area contributed by atoms with Crippen molar-refractivity contribution in [1.29, 1.82) is 0 Å². The van der Waals surface area contributed by atoms with Gasteiger partial charge in [-0.1, -0.05) is 12.0 Å². The molecule has 10 rings (SSSR count). The average Bonchev–Trinajstić information content (AvgIpc) is 4.13. The summed E-state index contributed by atoms with van der Waals surface area (Å²) in [5.41, 5.74) is -1.14. The average molecular weight is 782 g/mol. The molecule has 6 fully saturated rings. The Bertz CT molecular complexity index is 2400. The van der Waals surface area contributed by atoms with Crippen LogP contribution >= 0.6 is 0 Å². The molecule has 2 aromatic heterocycles. The van der Waals surface area contributed by atoms with E-state index in [1.807, 2.05) is 4.90 Å². The second-order valence-electron chi connectivity index (χ2n) is 16.9. The summed E-state index contributed by atoms with van der Waals surface area (Å²) in [4.78, 5) is 34.1. The maximum atomic E-state index is 17.2. The second kappa shape index (κ2) is 13.6. The first kappa shape index (κ1) is 36.3. The Kier molecular flexibility index (Phi) is 8.64. The van der Waals surface area contributed by atoms with Gasteiger partial charge in [-0.05, 0) is 100 Å². The number of nitrogens with one attached hydrogen (secondary N) is 1. The predicted octanol–water partition coefficient (Wildman–Crippen LogP) is 6.68. The molecular weight excluding hydrogens is 739 g/mol. The molecule has 296 valence electrons. The molecule has 1 aliphatic carbocycles. The number of halogens is 4. The van der Waals surface area contributed by atoms with Crippen LogP contribution in [0.1, 0.15) is 69.8 Å². The largest absolute Gasteiger partial charge is 0.508 e. The summed E-state index contributed by atoms with van der Waals surface area (Å²) in [5.74, 6) is 1.89. The zero-order chi connectivity index (χ0) is 39.2. The minimum absolute atomic E-state index is 0.0352. The molecule has 4 aromatic rings. The lowest BCUT2D eigenvalue weighted by atomic mass is 9.78. The molecule has 3 atom stereocenters. The molecule has 14 heteroatoms. The number of anilines is 1. The fourth-order valence-corrected chi connectivity index (χ4v) is 10.4. The number of hydrogen-bond donors (Lipinski definition) is 2. The Morgan fingerprint density at radius 3 is 2.63 bits per heavy atom. The number of phenols is 1. The maximum absolute atomic E-state index is 17.2. The van der Waals surface area contributed by atoms with Gasteiger partial charge in [0.15, 0.2) is 5.82 Å². The van der Waals surface area contributed by atoms with E-state index in [-0.39, 0.29) is 82.1 Å². The highest BCUT2D eigenvalue weighted by Crippen LogP contribution is 2.46. The van der Waals surface area contributed by atoms with Gasteiger partial charge in [0.05, 0.1) is 16.5 Å². The summed E-state index contributed by atoms with van der Waals surface area (Å²) in [6, 6.07) is 5.47. The number of fused-ring (bicyclic) bond motifs is 3. The lowest BCUT2D eigenvalue weighted by Crippen LogP contribution is -2.60. The number of benzene rings is 2. The molecule has 1 amide bonds. The van der Waals surface area contributed by atoms with E-state index in [0.29, 0.717) is 67.4 Å². The van der Waals surface area contributed by atoms with Gasteiger partial charge in [-0.3, -0.25) is 20.0 Å². The molecule has 2 N–H and O–H groups in total. The summed E-state index contributed by atoms with van der Waals surface area (Å²) in [7, 11) is 0. The van der Waals surface area contributed by atoms with Crippen LogP contribution in [-0.2, 0) is 4.79 Å². The Morgan fingerprint density at radius 2 is 1.86 bits per heavy atom. The number of likely N-dealkylation sites (tertiary alicyclic amines) is 1. The van der Waals surface area contributed by atoms with E-state index >= 15 is 8.78 Å². The van der Waals surface area contributed by atoms with Crippen molar-refractivity contribution >= 4 is 33.4 Å². The van der Waals surface area contributed by atoms with Crippen molar-refractivity contribution in [3.8, 4) is 35.4 Å². The third-order valence-electron chi connectivity index (χ3n) is 13.6. The van der Waals surface area contributed by atoms with Gasteiger partial charge >= 0.3 is 6.01 Å². The fraction of sp³-hybridized carbons (Fsp3) is 0.488. The van der Waals surface area contributed by atoms with Crippen molar-refractivity contribution in [2.45, 2.75) is 87.4 Å². The lowest BCUT2D eigenvalue weighted by molar-refractivity contribution is -0.140. The highest BCUT2D eigenvalue weighted by atomic mass is 19.3. The number of carbonyl (C=O) groups is 1. The number of carbonyl (C=O) groups excluding carboxylic acids is 1. The molecule has 0 bridgehead atoms. The third-order valence-corrected chi connectivity index (χ3v) is 13.6. The zero-order valence-electron chi connectivity index (χ0n) is 31.5. The van der Waals surface area contributed by atoms with Gasteiger partial charge in [-0.15, -0.1) is 6.42 Å². The van der Waals surface area contributed by atoms with Crippen molar-refractivity contribution in [2.24, 2.45) is 5.92 Å². The summed E-state index contributed by atoms with van der Waals surface area (Å²) in [6.07, 6.45) is 13.9. The van der Waals surface area contributed by atoms with Crippen LogP contribution in [0.25, 0.3) is 32.9 Å². The number of piperidine rings is 2. The smallest absolute Gasteiger partial charge is 0.319 e. The number of aromatic hydroxyl groups is 1. The Balaban J connectivity index is 1.03. The number of pyridine rings is 1. The van der Waals surface area contributed by atoms with Crippen LogP contribution in [0.2, 0.25) is 0 Å². The van der Waals surface area contributed by atoms with Crippen LogP contribution in [0.3, 0.4) is 0 Å². The quantitative estimate of drug-likeness (QED) is 0.120. The van der Waals surface area contributed by atoms with Crippen LogP contribution in [0, 0.1) is 29.9 Å². The molecule has 5 aliphatic heterocycles. The number of hydrogen-bond acceptors (Lipinski definition) is 9. The summed E-state index contributed by atoms with van der Waals surface area (Å²) in [5, 5.41) is 15.1. The molecule has 5 saturated heterocycles. The minimum atomic E-state index is -1.67. The predicted molar refractivity (Wildman–Crippen MR) is 206 cm³/mol. The number of rotatable bonds is 7. The zero-order valence-corrected chi connectivity index (χ0v) is 31.5. The molecule has 2 aromatic carbocycles. The molecule has 0 unspecified atom stereocenters. The van der Waals surface area contributed by atoms with Gasteiger partial charge in [-0.25, -0.2) is 8.78 Å². The molecule has 57 heavy (non-hydrogen) atoms. The summed E-state index contributed by atoms with van der Waals surface area (Å²) in [6.45, 7) is 2.67. The minimum Gasteiger partial charge on any atom is -0.508 e. The van der Waals surface area contributed by atoms with E-state index in [1.165, 1.54) is 43.3 Å². The third kappa shape index (κ3) is 6.07. The number of amides is 1. The first-order valence-corrected chi connectivity index (χ1v) is 20.1. The Labute approximate surface area is 327 Å². The highest BCUT2D eigenvalue weighted by Gasteiger charge is 2.55. The van der Waals surface area contributed by atoms with Gasteiger partial charge in [-0.2, -0.15) is 18.7 Å². The van der Waals surface area contributed by atoms with Crippen molar-refractivity contribution in [1.82, 2.24) is 30.1 Å². The molecular formula is C43H43F4N7O3. The first-order chi connectivity index (χ1) is 27.6. The maximum Gasteiger partial charge on any atom is 0.319 e. The van der Waals surface area contributed by atoms with Crippen LogP contribution < -0.4 is 15.0 Å². The SMILES string of the molecule is C#Cc1c(F)ccc2cc(O)cc(-c3ncc4c(N5CCC6(CCCCN6C(=O)[C@@H]6N[C@H]6C6CC6)CC5)nc(OC[C@@]56CCCN5CC(=C(F)F)C6)nc4c3F)c12. The molecule has 10 nitrogen and oxygen atoms in total. The van der Waals surface area contributed by atoms with Gasteiger partial charge < -0.3 is 19.6 Å². The van der Waals surface area contributed by atoms with Crippen LogP contribution in [0.15, 0.2) is 42.1 Å². The van der Waals surface area contributed by atoms with E-state index in [9.17, 15) is 18.7 Å². The van der Waals surface area contributed by atoms with Gasteiger partial charge in [0.2, 0.25) is 5.91 Å². The molecule has 1 spiro atoms. The standard InChI is InChI=1S/C43H43F4N7O3/c1-2-28-31(44)9-8-25-18-27(55)19-29(32(25)28)35-33(45)36-30(21-48-35)39(51-41(50-36)57-23-43-11-5-14-53(43)22-26(20-43)38(46)47)52-16-12-42(13-17-52)10-3-4-15-54(42)40(56)37-34(49-37)24-6-7-24/h1,8-9,18-19,21,24,34,37,49,55H,3-7,10-17,20,22-23H2/t34-,37+,43-/m0/s1. The summed E-state index contributed by atoms with van der Waals surface area (Å²) >= 11 is 0. The lowest BCUT2D eigenvalue weighted by Gasteiger charge is -2.52. The second-order valence-corrected chi connectivity index (χ2v) is 16.9. The van der Waals surface area contributed by atoms with E-state index in [4.69, 9.17) is 16.1 Å². The molecule has 1 saturated carbocycles. The number of nitrogens with zero attached hydrogens (tertiary/aromatic N) is 6. The Hall–Kier alpha value is -5.00. The highest BCUT2D eigenvalue weighted by molar-refractivity contribution is 6.03. The van der Waals surface area contributed by atoms with E-state index < -0.39 is 23.3 Å². The number of aromatic nitrogens is 3. The number of ether oxygens (including phenoxy) is 1. The van der Waals surface area contributed by atoms with Gasteiger partial charge in [0.1, 0.15) is 41.2 Å². The molecule has 6 aliphatic rings. The number of phenolic OH excluding ortho intramolecular Hbond substituents is 1. The van der Waals surface area contributed by atoms with Crippen molar-refractivity contribution in [3.05, 3.63) is 59.3 Å². The molecule has 0 radical (unpaired) electrons. The molecule has 7 heterocycles. The van der Waals surface area contributed by atoms with Crippen molar-refractivity contribution < 1.29 is 32.2 Å². The summed E-state index contributed by atoms with van der Waals surface area (Å²) < 4.78 is 66.1. The van der Waals surface area contributed by atoms with Gasteiger partial charge in [0.25, 0.3) is 6.08 Å². The number of terminal acetylenes is 1. The van der Waals surface area contributed by atoms with E-state index in [1.54, 1.807) is 0 Å². The van der Waals surface area contributed by atoms with E-state index in [0.717, 1.165) is 32.2 Å². The van der Waals surface area contributed by atoms with Crippen LogP contribution in [0.5, 0.6) is 11.8 Å². The normalized spacial score (nSPS) is 25.6. The van der Waals surface area contributed by atoms with Crippen molar-refractivity contribution in [3.63, 3.8) is 0 Å². The topological polar surface area (TPSA) is 117 Å². The Morgan fingerprint density at radius 1 is 1.04 bits per heavy atom.